The SMILES string of the molecule is O=C(CNc1ccccc1-n1cncn1)N1N=C(c2cccs2)CC1c1cccs1. The van der Waals surface area contributed by atoms with Crippen LogP contribution in [0.2, 0.25) is 0 Å². The number of amides is 1. The Hall–Kier alpha value is -3.30. The van der Waals surface area contributed by atoms with Crippen LogP contribution in [0.5, 0.6) is 0 Å². The number of nitrogens with zero attached hydrogens (tertiary/aromatic N) is 5. The summed E-state index contributed by atoms with van der Waals surface area (Å²) in [5, 5.41) is 17.8. The van der Waals surface area contributed by atoms with Gasteiger partial charge in [-0.05, 0) is 35.0 Å². The van der Waals surface area contributed by atoms with E-state index >= 15 is 0 Å². The maximum Gasteiger partial charge on any atom is 0.262 e. The first-order valence-corrected chi connectivity index (χ1v) is 11.2. The first-order valence-electron chi connectivity index (χ1n) is 9.44. The fourth-order valence-corrected chi connectivity index (χ4v) is 4.97. The number of anilines is 1. The normalized spacial score (nSPS) is 15.9. The molecule has 0 bridgehead atoms. The summed E-state index contributed by atoms with van der Waals surface area (Å²) in [5.74, 6) is -0.0756. The lowest BCUT2D eigenvalue weighted by Crippen LogP contribution is -2.32. The molecule has 0 spiro atoms. The Labute approximate surface area is 181 Å². The van der Waals surface area contributed by atoms with Crippen LogP contribution in [0.4, 0.5) is 5.69 Å². The number of carbonyl (C=O) groups is 1. The molecular formula is C21H18N6OS2. The maximum atomic E-state index is 13.2. The van der Waals surface area contributed by atoms with Crippen molar-refractivity contribution in [3.63, 3.8) is 0 Å². The van der Waals surface area contributed by atoms with E-state index in [1.807, 2.05) is 47.2 Å². The number of aromatic nitrogens is 3. The van der Waals surface area contributed by atoms with Crippen molar-refractivity contribution in [1.82, 2.24) is 19.8 Å². The lowest BCUT2D eigenvalue weighted by atomic mass is 10.1. The predicted octanol–water partition coefficient (Wildman–Crippen LogP) is 4.18. The highest BCUT2D eigenvalue weighted by Crippen LogP contribution is 2.36. The number of rotatable bonds is 6. The molecule has 0 fully saturated rings. The van der Waals surface area contributed by atoms with E-state index < -0.39 is 0 Å². The van der Waals surface area contributed by atoms with Crippen molar-refractivity contribution < 1.29 is 4.79 Å². The second kappa shape index (κ2) is 8.21. The van der Waals surface area contributed by atoms with Crippen LogP contribution in [0.3, 0.4) is 0 Å². The van der Waals surface area contributed by atoms with E-state index in [1.54, 1.807) is 38.7 Å². The standard InChI is InChI=1S/C21H18N6OS2/c28-21(12-23-15-5-1-2-6-17(15)26-14-22-13-24-26)27-18(20-8-4-10-30-20)11-16(25-27)19-7-3-9-29-19/h1-10,13-14,18,23H,11-12H2. The van der Waals surface area contributed by atoms with Crippen LogP contribution in [-0.2, 0) is 4.79 Å². The molecule has 1 aliphatic rings. The van der Waals surface area contributed by atoms with Gasteiger partial charge in [-0.15, -0.1) is 22.7 Å². The van der Waals surface area contributed by atoms with Crippen molar-refractivity contribution in [1.29, 1.82) is 0 Å². The lowest BCUT2D eigenvalue weighted by Gasteiger charge is -2.21. The number of para-hydroxylation sites is 2. The zero-order valence-electron chi connectivity index (χ0n) is 15.9. The van der Waals surface area contributed by atoms with Gasteiger partial charge in [-0.1, -0.05) is 24.3 Å². The van der Waals surface area contributed by atoms with Gasteiger partial charge in [0.1, 0.15) is 12.7 Å². The van der Waals surface area contributed by atoms with Gasteiger partial charge in [0.25, 0.3) is 5.91 Å². The van der Waals surface area contributed by atoms with Gasteiger partial charge in [0.05, 0.1) is 34.6 Å². The van der Waals surface area contributed by atoms with Crippen LogP contribution in [0.1, 0.15) is 22.2 Å². The average Bonchev–Trinajstić information content (AvgIpc) is 3.58. The van der Waals surface area contributed by atoms with Crippen molar-refractivity contribution in [2.45, 2.75) is 12.5 Å². The minimum absolute atomic E-state index is 0.0676. The number of nitrogens with one attached hydrogen (secondary N) is 1. The summed E-state index contributed by atoms with van der Waals surface area (Å²) in [5.41, 5.74) is 2.60. The van der Waals surface area contributed by atoms with Gasteiger partial charge in [-0.25, -0.2) is 14.7 Å². The molecule has 7 nitrogen and oxygen atoms in total. The summed E-state index contributed by atoms with van der Waals surface area (Å²) >= 11 is 3.30. The number of thiophene rings is 2. The second-order valence-electron chi connectivity index (χ2n) is 6.71. The molecule has 0 aliphatic carbocycles. The van der Waals surface area contributed by atoms with Crippen molar-refractivity contribution >= 4 is 40.0 Å². The zero-order chi connectivity index (χ0) is 20.3. The quantitative estimate of drug-likeness (QED) is 0.494. The predicted molar refractivity (Wildman–Crippen MR) is 119 cm³/mol. The van der Waals surface area contributed by atoms with Crippen LogP contribution in [0.25, 0.3) is 5.69 Å². The fraction of sp³-hybridized carbons (Fsp3) is 0.143. The van der Waals surface area contributed by atoms with Crippen LogP contribution >= 0.6 is 22.7 Å². The topological polar surface area (TPSA) is 75.4 Å². The van der Waals surface area contributed by atoms with Crippen molar-refractivity contribution in [2.75, 3.05) is 11.9 Å². The summed E-state index contributed by atoms with van der Waals surface area (Å²) in [4.78, 5) is 19.4. The van der Waals surface area contributed by atoms with E-state index in [0.29, 0.717) is 0 Å². The summed E-state index contributed by atoms with van der Waals surface area (Å²) in [6, 6.07) is 15.8. The fourth-order valence-electron chi connectivity index (χ4n) is 3.44. The molecule has 4 aromatic rings. The third-order valence-corrected chi connectivity index (χ3v) is 6.74. The average molecular weight is 435 g/mol. The van der Waals surface area contributed by atoms with Gasteiger partial charge in [0.15, 0.2) is 0 Å². The summed E-state index contributed by atoms with van der Waals surface area (Å²) in [6.45, 7) is 0.134. The minimum atomic E-state index is -0.0756. The molecule has 1 unspecified atom stereocenters. The Morgan fingerprint density at radius 2 is 1.97 bits per heavy atom. The molecule has 1 aromatic carbocycles. The van der Waals surface area contributed by atoms with Gasteiger partial charge in [0.2, 0.25) is 0 Å². The largest absolute Gasteiger partial charge is 0.374 e. The zero-order valence-corrected chi connectivity index (χ0v) is 17.5. The molecule has 1 atom stereocenters. The highest BCUT2D eigenvalue weighted by atomic mass is 32.1. The Morgan fingerprint density at radius 3 is 2.73 bits per heavy atom. The van der Waals surface area contributed by atoms with Crippen molar-refractivity contribution in [3.05, 3.63) is 81.7 Å². The van der Waals surface area contributed by atoms with Crippen LogP contribution in [0, 0.1) is 0 Å². The Kier molecular flexibility index (Phi) is 5.12. The molecular weight excluding hydrogens is 416 g/mol. The van der Waals surface area contributed by atoms with Gasteiger partial charge >= 0.3 is 0 Å². The highest BCUT2D eigenvalue weighted by Gasteiger charge is 2.33. The van der Waals surface area contributed by atoms with Crippen LogP contribution in [-0.4, -0.2) is 37.9 Å². The molecule has 1 aliphatic heterocycles. The Morgan fingerprint density at radius 1 is 1.10 bits per heavy atom. The molecule has 30 heavy (non-hydrogen) atoms. The third kappa shape index (κ3) is 3.64. The van der Waals surface area contributed by atoms with Crippen molar-refractivity contribution in [2.24, 2.45) is 5.10 Å². The van der Waals surface area contributed by atoms with Gasteiger partial charge in [-0.3, -0.25) is 4.79 Å². The molecule has 9 heteroatoms. The second-order valence-corrected chi connectivity index (χ2v) is 8.64. The molecule has 1 N–H and O–H groups in total. The van der Waals surface area contributed by atoms with E-state index in [4.69, 9.17) is 5.10 Å². The summed E-state index contributed by atoms with van der Waals surface area (Å²) in [6.07, 6.45) is 3.84. The molecule has 4 heterocycles. The lowest BCUT2D eigenvalue weighted by molar-refractivity contribution is -0.131. The van der Waals surface area contributed by atoms with Crippen LogP contribution in [0.15, 0.2) is 77.0 Å². The number of hydrogen-bond donors (Lipinski definition) is 1. The number of hydrazone groups is 1. The first kappa shape index (κ1) is 18.7. The van der Waals surface area contributed by atoms with Crippen molar-refractivity contribution in [3.8, 4) is 5.69 Å². The number of hydrogen-bond acceptors (Lipinski definition) is 7. The Bertz CT molecular complexity index is 1150. The van der Waals surface area contributed by atoms with Crippen LogP contribution < -0.4 is 5.32 Å². The molecule has 1 amide bonds. The monoisotopic (exact) mass is 434 g/mol. The summed E-state index contributed by atoms with van der Waals surface area (Å²) < 4.78 is 1.67. The number of benzene rings is 1. The molecule has 0 saturated heterocycles. The third-order valence-electron chi connectivity index (χ3n) is 4.84. The summed E-state index contributed by atoms with van der Waals surface area (Å²) in [7, 11) is 0. The molecule has 0 saturated carbocycles. The molecule has 3 aromatic heterocycles. The Balaban J connectivity index is 1.37. The minimum Gasteiger partial charge on any atom is -0.374 e. The van der Waals surface area contributed by atoms with E-state index in [-0.39, 0.29) is 18.5 Å². The smallest absolute Gasteiger partial charge is 0.262 e. The first-order chi connectivity index (χ1) is 14.8. The molecule has 5 rings (SSSR count). The van der Waals surface area contributed by atoms with Gasteiger partial charge in [0, 0.05) is 11.3 Å². The van der Waals surface area contributed by atoms with Gasteiger partial charge in [-0.2, -0.15) is 10.2 Å². The van der Waals surface area contributed by atoms with E-state index in [9.17, 15) is 4.79 Å². The highest BCUT2D eigenvalue weighted by molar-refractivity contribution is 7.12. The molecule has 0 radical (unpaired) electrons. The van der Waals surface area contributed by atoms with E-state index in [1.165, 1.54) is 6.33 Å². The van der Waals surface area contributed by atoms with E-state index in [0.717, 1.165) is 33.3 Å². The number of carbonyl (C=O) groups excluding carboxylic acids is 1. The van der Waals surface area contributed by atoms with E-state index in [2.05, 4.69) is 27.5 Å². The molecule has 150 valence electrons. The maximum absolute atomic E-state index is 13.2. The van der Waals surface area contributed by atoms with Gasteiger partial charge < -0.3 is 5.32 Å².